The summed E-state index contributed by atoms with van der Waals surface area (Å²) in [6.45, 7) is 4.87. The quantitative estimate of drug-likeness (QED) is 0.172. The zero-order valence-electron chi connectivity index (χ0n) is 36.4. The van der Waals surface area contributed by atoms with Gasteiger partial charge in [-0.15, -0.1) is 0 Å². The number of para-hydroxylation sites is 2. The first-order chi connectivity index (χ1) is 31.4. The van der Waals surface area contributed by atoms with Crippen LogP contribution in [0.25, 0.3) is 33.1 Å². The summed E-state index contributed by atoms with van der Waals surface area (Å²) in [7, 11) is 0. The van der Waals surface area contributed by atoms with E-state index in [-0.39, 0.29) is 5.41 Å². The summed E-state index contributed by atoms with van der Waals surface area (Å²) in [5, 5.41) is 2.31. The molecule has 5 aliphatic carbocycles. The van der Waals surface area contributed by atoms with Crippen LogP contribution in [0.5, 0.6) is 0 Å². The highest BCUT2D eigenvalue weighted by molar-refractivity contribution is 7.99. The number of rotatable bonds is 5. The molecule has 0 saturated heterocycles. The minimum absolute atomic E-state index is 0.258. The molecule has 9 aromatic rings. The summed E-state index contributed by atoms with van der Waals surface area (Å²) in [6, 6.07) is 68.9. The van der Waals surface area contributed by atoms with Crippen molar-refractivity contribution in [2.45, 2.75) is 72.0 Å². The molecule has 8 aromatic carbocycles. The van der Waals surface area contributed by atoms with Crippen molar-refractivity contribution in [3.05, 3.63) is 221 Å². The van der Waals surface area contributed by atoms with E-state index in [1.54, 1.807) is 5.56 Å². The van der Waals surface area contributed by atoms with Gasteiger partial charge in [-0.1, -0.05) is 153 Å². The lowest BCUT2D eigenvalue weighted by molar-refractivity contribution is 0.266. The fourth-order valence-electron chi connectivity index (χ4n) is 14.2. The molecule has 15 rings (SSSR count). The smallest absolute Gasteiger partial charge is 0.143 e. The van der Waals surface area contributed by atoms with E-state index in [0.717, 1.165) is 56.5 Å². The Labute approximate surface area is 380 Å². The van der Waals surface area contributed by atoms with Crippen molar-refractivity contribution in [1.29, 1.82) is 0 Å². The molecule has 0 N–H and O–H groups in total. The first-order valence-electron chi connectivity index (χ1n) is 23.4. The molecule has 4 bridgehead atoms. The van der Waals surface area contributed by atoms with Crippen LogP contribution in [0.3, 0.4) is 0 Å². The van der Waals surface area contributed by atoms with E-state index in [1.807, 2.05) is 11.8 Å². The Bertz CT molecular complexity index is 3300. The second kappa shape index (κ2) is 13.4. The van der Waals surface area contributed by atoms with Crippen molar-refractivity contribution in [2.24, 2.45) is 17.8 Å². The summed E-state index contributed by atoms with van der Waals surface area (Å²) in [6.07, 6.45) is 7.08. The topological polar surface area (TPSA) is 16.4 Å². The Morgan fingerprint density at radius 3 is 1.80 bits per heavy atom. The van der Waals surface area contributed by atoms with E-state index in [1.165, 1.54) is 86.7 Å². The highest BCUT2D eigenvalue weighted by Gasteiger charge is 2.58. The molecule has 1 aromatic heterocycles. The van der Waals surface area contributed by atoms with Crippen LogP contribution in [0.2, 0.25) is 0 Å². The molecule has 2 heterocycles. The second-order valence-electron chi connectivity index (χ2n) is 20.2. The minimum atomic E-state index is -0.455. The van der Waals surface area contributed by atoms with Gasteiger partial charge >= 0.3 is 0 Å². The average molecular weight is 844 g/mol. The maximum Gasteiger partial charge on any atom is 0.143 e. The SMILES string of the molecule is CC1(C)c2ccccc2C2(c3ccccc3Sc3ccccc32)c2ccc(N(c3ccc(-c4cccc5c4oc4ccccc45)cc3)c3ccc(C45CC6CC(CC4C6)C5)cc3)cc21. The number of hydrogen-bond acceptors (Lipinski definition) is 3. The third-order valence-corrected chi connectivity index (χ3v) is 17.8. The molecule has 310 valence electrons. The van der Waals surface area contributed by atoms with E-state index in [4.69, 9.17) is 4.42 Å². The predicted octanol–water partition coefficient (Wildman–Crippen LogP) is 16.3. The van der Waals surface area contributed by atoms with Gasteiger partial charge in [0.2, 0.25) is 0 Å². The lowest BCUT2D eigenvalue weighted by Gasteiger charge is -2.50. The van der Waals surface area contributed by atoms with Crippen LogP contribution >= 0.6 is 11.8 Å². The predicted molar refractivity (Wildman–Crippen MR) is 264 cm³/mol. The first-order valence-corrected chi connectivity index (χ1v) is 24.2. The number of benzene rings is 8. The third kappa shape index (κ3) is 5.00. The Morgan fingerprint density at radius 1 is 0.500 bits per heavy atom. The molecule has 1 spiro atoms. The Balaban J connectivity index is 0.955. The van der Waals surface area contributed by atoms with Crippen molar-refractivity contribution in [3.8, 4) is 11.1 Å². The van der Waals surface area contributed by atoms with Crippen LogP contribution in [0, 0.1) is 17.8 Å². The number of hydrogen-bond donors (Lipinski definition) is 0. The van der Waals surface area contributed by atoms with Crippen LogP contribution < -0.4 is 4.90 Å². The first kappa shape index (κ1) is 37.1. The molecular weight excluding hydrogens is 795 g/mol. The van der Waals surface area contributed by atoms with Crippen molar-refractivity contribution < 1.29 is 4.42 Å². The maximum absolute atomic E-state index is 6.52. The Morgan fingerprint density at radius 2 is 1.08 bits per heavy atom. The summed E-state index contributed by atoms with van der Waals surface area (Å²) in [5.41, 5.74) is 17.1. The van der Waals surface area contributed by atoms with Crippen LogP contribution in [0.4, 0.5) is 17.1 Å². The van der Waals surface area contributed by atoms with Gasteiger partial charge in [0.15, 0.2) is 0 Å². The third-order valence-electron chi connectivity index (χ3n) is 16.7. The van der Waals surface area contributed by atoms with Gasteiger partial charge in [0.1, 0.15) is 11.2 Å². The highest BCUT2D eigenvalue weighted by Crippen LogP contribution is 2.66. The lowest BCUT2D eigenvalue weighted by atomic mass is 9.54. The van der Waals surface area contributed by atoms with E-state index >= 15 is 0 Å². The normalized spacial score (nSPS) is 22.6. The number of anilines is 3. The molecule has 0 amide bonds. The summed E-state index contributed by atoms with van der Waals surface area (Å²) >= 11 is 1.91. The molecule has 3 heteroatoms. The second-order valence-corrected chi connectivity index (χ2v) is 21.2. The fourth-order valence-corrected chi connectivity index (χ4v) is 15.3. The van der Waals surface area contributed by atoms with Gasteiger partial charge in [0.25, 0.3) is 0 Å². The molecule has 0 radical (unpaired) electrons. The van der Waals surface area contributed by atoms with E-state index in [0.29, 0.717) is 5.41 Å². The number of fused-ring (bicyclic) bond motifs is 11. The van der Waals surface area contributed by atoms with E-state index in [2.05, 4.69) is 201 Å². The number of nitrogens with zero attached hydrogens (tertiary/aromatic N) is 1. The molecule has 64 heavy (non-hydrogen) atoms. The lowest BCUT2D eigenvalue weighted by Crippen LogP contribution is -2.43. The number of furan rings is 1. The summed E-state index contributed by atoms with van der Waals surface area (Å²) in [5.74, 6) is 2.70. The summed E-state index contributed by atoms with van der Waals surface area (Å²) in [4.78, 5) is 5.16. The maximum atomic E-state index is 6.52. The largest absolute Gasteiger partial charge is 0.455 e. The molecule has 1 aliphatic heterocycles. The van der Waals surface area contributed by atoms with Crippen LogP contribution in [0.1, 0.15) is 84.9 Å². The van der Waals surface area contributed by atoms with Gasteiger partial charge in [0.05, 0.1) is 5.41 Å². The molecular formula is C61H49NOS. The van der Waals surface area contributed by atoms with Crippen LogP contribution in [-0.4, -0.2) is 0 Å². The van der Waals surface area contributed by atoms with Crippen molar-refractivity contribution in [1.82, 2.24) is 0 Å². The fraction of sp³-hybridized carbons (Fsp3) is 0.213. The molecule has 6 aliphatic rings. The zero-order valence-corrected chi connectivity index (χ0v) is 37.2. The zero-order chi connectivity index (χ0) is 42.4. The minimum Gasteiger partial charge on any atom is -0.455 e. The Hall–Kier alpha value is -6.29. The molecule has 4 saturated carbocycles. The standard InChI is InChI=1S/C61H49NOS/c1-59(2)49-15-4-5-16-50(49)61(52-17-6-9-20-56(52)64-57-21-10-7-18-53(57)61)51-31-30-45(35-54(51)59)62(44-28-24-41(25-29-44)60-36-38-32-39(37-60)34-42(60)33-38)43-26-22-40(23-27-43)46-13-11-14-48-47-12-3-8-19-55(47)63-58(46)48/h3-31,35,38-39,42H,32-34,36-37H2,1-2H3. The van der Waals surface area contributed by atoms with Crippen molar-refractivity contribution in [2.75, 3.05) is 4.90 Å². The molecule has 2 nitrogen and oxygen atoms in total. The molecule has 4 fully saturated rings. The van der Waals surface area contributed by atoms with Gasteiger partial charge in [-0.3, -0.25) is 0 Å². The monoisotopic (exact) mass is 843 g/mol. The van der Waals surface area contributed by atoms with E-state index < -0.39 is 5.41 Å². The van der Waals surface area contributed by atoms with Crippen LogP contribution in [-0.2, 0) is 16.2 Å². The summed E-state index contributed by atoms with van der Waals surface area (Å²) < 4.78 is 6.52. The van der Waals surface area contributed by atoms with Gasteiger partial charge in [-0.25, -0.2) is 0 Å². The van der Waals surface area contributed by atoms with Crippen LogP contribution in [0.15, 0.2) is 196 Å². The Kier molecular flexibility index (Phi) is 7.76. The van der Waals surface area contributed by atoms with Gasteiger partial charge in [-0.2, -0.15) is 0 Å². The van der Waals surface area contributed by atoms with E-state index in [9.17, 15) is 0 Å². The molecule has 2 atom stereocenters. The molecule has 2 unspecified atom stereocenters. The van der Waals surface area contributed by atoms with Crippen molar-refractivity contribution in [3.63, 3.8) is 0 Å². The van der Waals surface area contributed by atoms with Gasteiger partial charge in [0, 0.05) is 48.6 Å². The van der Waals surface area contributed by atoms with Gasteiger partial charge < -0.3 is 9.32 Å². The van der Waals surface area contributed by atoms with Crippen molar-refractivity contribution >= 4 is 50.8 Å². The average Bonchev–Trinajstić information content (AvgIpc) is 3.93. The van der Waals surface area contributed by atoms with Gasteiger partial charge in [-0.05, 0) is 154 Å². The highest BCUT2D eigenvalue weighted by atomic mass is 32.2.